The van der Waals surface area contributed by atoms with Gasteiger partial charge in [-0.3, -0.25) is 0 Å². The summed E-state index contributed by atoms with van der Waals surface area (Å²) in [6.07, 6.45) is -3.87. The Hall–Kier alpha value is -1.97. The smallest absolute Gasteiger partial charge is 0.336 e. The molecule has 1 aromatic carbocycles. The van der Waals surface area contributed by atoms with Gasteiger partial charge in [0.25, 0.3) is 0 Å². The minimum Gasteiger partial charge on any atom is -0.465 e. The van der Waals surface area contributed by atoms with Crippen molar-refractivity contribution in [2.75, 3.05) is 13.7 Å². The van der Waals surface area contributed by atoms with Crippen molar-refractivity contribution in [3.8, 4) is 5.75 Å². The van der Waals surface area contributed by atoms with E-state index in [2.05, 4.69) is 0 Å². The highest BCUT2D eigenvalue weighted by Crippen LogP contribution is 2.26. The third-order valence-electron chi connectivity index (χ3n) is 3.91. The predicted octanol–water partition coefficient (Wildman–Crippen LogP) is -0.0822. The summed E-state index contributed by atoms with van der Waals surface area (Å²) in [5.41, 5.74) is 0.748. The highest BCUT2D eigenvalue weighted by molar-refractivity contribution is 5.81. The third-order valence-corrected chi connectivity index (χ3v) is 3.91. The van der Waals surface area contributed by atoms with E-state index in [0.29, 0.717) is 11.3 Å². The summed E-state index contributed by atoms with van der Waals surface area (Å²) in [5, 5.41) is 36.4. The summed E-state index contributed by atoms with van der Waals surface area (Å²) < 4.78 is 16.2. The number of ether oxygens (including phenoxy) is 2. The minimum absolute atomic E-state index is 0.0630. The second-order valence-electron chi connectivity index (χ2n) is 5.60. The quantitative estimate of drug-likeness (QED) is 0.563. The van der Waals surface area contributed by atoms with Gasteiger partial charge in [-0.05, 0) is 24.6 Å². The molecule has 3 rings (SSSR count). The second-order valence-corrected chi connectivity index (χ2v) is 5.60. The van der Waals surface area contributed by atoms with Crippen LogP contribution in [-0.2, 0) is 4.74 Å². The maximum absolute atomic E-state index is 11.4. The summed E-state index contributed by atoms with van der Waals surface area (Å²) in [6.45, 7) is 1.39. The Morgan fingerprint density at radius 1 is 1.24 bits per heavy atom. The van der Waals surface area contributed by atoms with Crippen molar-refractivity contribution in [1.29, 1.82) is 0 Å². The van der Waals surface area contributed by atoms with Crippen molar-refractivity contribution in [3.63, 3.8) is 0 Å². The Kier molecular flexibility index (Phi) is 6.51. The first-order valence-electron chi connectivity index (χ1n) is 7.76. The third kappa shape index (κ3) is 4.36. The minimum atomic E-state index is -1.16. The van der Waals surface area contributed by atoms with Crippen LogP contribution < -0.4 is 10.4 Å². The first-order valence-corrected chi connectivity index (χ1v) is 7.76. The number of aliphatic hydroxyl groups is 4. The molecule has 25 heavy (non-hydrogen) atoms. The largest absolute Gasteiger partial charge is 0.465 e. The number of hydrogen-bond donors (Lipinski definition) is 4. The predicted molar refractivity (Wildman–Crippen MR) is 88.4 cm³/mol. The van der Waals surface area contributed by atoms with E-state index in [1.165, 1.54) is 6.07 Å². The summed E-state index contributed by atoms with van der Waals surface area (Å²) in [7, 11) is 1.00. The normalized spacial score (nSPS) is 26.0. The standard InChI is InChI=1S/C16H18O7.CH4O/c1-8-4-14(19)22-12-5-9(2-3-10(8)12)21-15-6-11(18)16(20)13(7-17)23-15;1-2/h2-5,11,13,15-18,20H,6-7H2,1H3;2H,1H3/t11-,13?,15-,16+;/m1./s1. The van der Waals surface area contributed by atoms with Crippen molar-refractivity contribution in [3.05, 3.63) is 40.2 Å². The molecule has 0 amide bonds. The van der Waals surface area contributed by atoms with Crippen molar-refractivity contribution in [1.82, 2.24) is 0 Å². The van der Waals surface area contributed by atoms with Gasteiger partial charge in [0.05, 0.1) is 12.7 Å². The molecular weight excluding hydrogens is 332 g/mol. The summed E-state index contributed by atoms with van der Waals surface area (Å²) in [6, 6.07) is 6.44. The first kappa shape index (κ1) is 19.4. The molecule has 0 aliphatic carbocycles. The van der Waals surface area contributed by atoms with Gasteiger partial charge in [-0.25, -0.2) is 4.79 Å². The lowest BCUT2D eigenvalue weighted by Gasteiger charge is -2.36. The zero-order valence-corrected chi connectivity index (χ0v) is 14.0. The van der Waals surface area contributed by atoms with Crippen molar-refractivity contribution >= 4 is 11.0 Å². The van der Waals surface area contributed by atoms with Crippen LogP contribution in [0, 0.1) is 6.92 Å². The summed E-state index contributed by atoms with van der Waals surface area (Å²) in [5.74, 6) is 0.400. The van der Waals surface area contributed by atoms with Crippen molar-refractivity contribution in [2.24, 2.45) is 0 Å². The van der Waals surface area contributed by atoms with E-state index in [4.69, 9.17) is 24.1 Å². The highest BCUT2D eigenvalue weighted by atomic mass is 16.7. The van der Waals surface area contributed by atoms with E-state index < -0.39 is 36.8 Å². The van der Waals surface area contributed by atoms with Gasteiger partial charge in [0.15, 0.2) is 0 Å². The number of hydrogen-bond acceptors (Lipinski definition) is 8. The van der Waals surface area contributed by atoms with Gasteiger partial charge >= 0.3 is 5.63 Å². The van der Waals surface area contributed by atoms with Crippen LogP contribution in [-0.4, -0.2) is 58.7 Å². The fraction of sp³-hybridized carbons (Fsp3) is 0.471. The Labute approximate surface area is 143 Å². The van der Waals surface area contributed by atoms with Crippen LogP contribution in [0.3, 0.4) is 0 Å². The van der Waals surface area contributed by atoms with Crippen LogP contribution in [0.2, 0.25) is 0 Å². The van der Waals surface area contributed by atoms with Crippen LogP contribution in [0.25, 0.3) is 11.0 Å². The zero-order chi connectivity index (χ0) is 18.6. The molecule has 1 unspecified atom stereocenters. The van der Waals surface area contributed by atoms with Crippen LogP contribution in [0.1, 0.15) is 12.0 Å². The summed E-state index contributed by atoms with van der Waals surface area (Å²) >= 11 is 0. The van der Waals surface area contributed by atoms with Crippen LogP contribution in [0.4, 0.5) is 0 Å². The fourth-order valence-electron chi connectivity index (χ4n) is 2.67. The average Bonchev–Trinajstić information content (AvgIpc) is 2.59. The molecule has 1 aliphatic heterocycles. The molecule has 2 aromatic rings. The molecule has 4 atom stereocenters. The molecule has 8 heteroatoms. The van der Waals surface area contributed by atoms with Gasteiger partial charge in [0.1, 0.15) is 23.5 Å². The highest BCUT2D eigenvalue weighted by Gasteiger charge is 2.37. The van der Waals surface area contributed by atoms with Crippen LogP contribution in [0.15, 0.2) is 33.5 Å². The SMILES string of the molecule is CO.Cc1cc(=O)oc2cc(O[C@H]3C[C@@H](O)[C@H](O)C(CO)O3)ccc12. The van der Waals surface area contributed by atoms with E-state index >= 15 is 0 Å². The molecule has 0 bridgehead atoms. The lowest BCUT2D eigenvalue weighted by molar-refractivity contribution is -0.229. The van der Waals surface area contributed by atoms with E-state index in [1.807, 2.05) is 6.92 Å². The Bertz CT molecular complexity index is 756. The number of benzene rings is 1. The molecule has 0 spiro atoms. The molecular formula is C17H22O8. The van der Waals surface area contributed by atoms with E-state index in [-0.39, 0.29) is 6.42 Å². The molecule has 2 heterocycles. The van der Waals surface area contributed by atoms with Gasteiger partial charge in [0, 0.05) is 31.0 Å². The Morgan fingerprint density at radius 2 is 1.96 bits per heavy atom. The van der Waals surface area contributed by atoms with Gasteiger partial charge in [0.2, 0.25) is 6.29 Å². The molecule has 1 saturated heterocycles. The maximum atomic E-state index is 11.4. The second kappa shape index (κ2) is 8.41. The summed E-state index contributed by atoms with van der Waals surface area (Å²) in [4.78, 5) is 11.4. The van der Waals surface area contributed by atoms with Crippen molar-refractivity contribution in [2.45, 2.75) is 37.9 Å². The number of fused-ring (bicyclic) bond motifs is 1. The monoisotopic (exact) mass is 354 g/mol. The van der Waals surface area contributed by atoms with E-state index in [9.17, 15) is 15.0 Å². The molecule has 1 fully saturated rings. The molecule has 0 saturated carbocycles. The first-order chi connectivity index (χ1) is 12.0. The molecule has 1 aromatic heterocycles. The lowest BCUT2D eigenvalue weighted by Crippen LogP contribution is -2.51. The average molecular weight is 354 g/mol. The molecule has 8 nitrogen and oxygen atoms in total. The van der Waals surface area contributed by atoms with Gasteiger partial charge in [-0.2, -0.15) is 0 Å². The molecule has 1 aliphatic rings. The van der Waals surface area contributed by atoms with Crippen LogP contribution in [0.5, 0.6) is 5.75 Å². The van der Waals surface area contributed by atoms with Gasteiger partial charge in [-0.1, -0.05) is 0 Å². The maximum Gasteiger partial charge on any atom is 0.336 e. The Morgan fingerprint density at radius 3 is 2.64 bits per heavy atom. The number of aliphatic hydroxyl groups excluding tert-OH is 4. The van der Waals surface area contributed by atoms with Gasteiger partial charge < -0.3 is 34.3 Å². The van der Waals surface area contributed by atoms with Crippen LogP contribution >= 0.6 is 0 Å². The Balaban J connectivity index is 0.00000109. The molecule has 0 radical (unpaired) electrons. The van der Waals surface area contributed by atoms with E-state index in [1.54, 1.807) is 18.2 Å². The van der Waals surface area contributed by atoms with E-state index in [0.717, 1.165) is 18.1 Å². The lowest BCUT2D eigenvalue weighted by atomic mass is 10.0. The van der Waals surface area contributed by atoms with Gasteiger partial charge in [-0.15, -0.1) is 0 Å². The number of aryl methyl sites for hydroxylation is 1. The zero-order valence-electron chi connectivity index (χ0n) is 14.0. The molecule has 4 N–H and O–H groups in total. The topological polar surface area (TPSA) is 130 Å². The molecule has 138 valence electrons. The number of rotatable bonds is 3. The van der Waals surface area contributed by atoms with Crippen molar-refractivity contribution < 1.29 is 34.3 Å². The fourth-order valence-corrected chi connectivity index (χ4v) is 2.67.